The summed E-state index contributed by atoms with van der Waals surface area (Å²) in [7, 11) is 1.37. The summed E-state index contributed by atoms with van der Waals surface area (Å²) in [5.74, 6) is 0.235. The predicted octanol–water partition coefficient (Wildman–Crippen LogP) is 1.99. The Morgan fingerprint density at radius 3 is 2.67 bits per heavy atom. The van der Waals surface area contributed by atoms with Crippen molar-refractivity contribution in [2.75, 3.05) is 13.7 Å². The van der Waals surface area contributed by atoms with E-state index in [1.807, 2.05) is 13.8 Å². The molecule has 0 bridgehead atoms. The van der Waals surface area contributed by atoms with Crippen molar-refractivity contribution < 1.29 is 14.5 Å². The maximum atomic E-state index is 11.8. The summed E-state index contributed by atoms with van der Waals surface area (Å²) in [4.78, 5) is 21.9. The maximum Gasteiger partial charge on any atom is 0.273 e. The molecule has 0 atom stereocenters. The molecule has 1 aromatic carbocycles. The molecule has 0 heterocycles. The number of carbonyl (C=O) groups is 1. The molecular weight excluding hydrogens is 236 g/mol. The van der Waals surface area contributed by atoms with Crippen LogP contribution >= 0.6 is 0 Å². The van der Waals surface area contributed by atoms with E-state index in [4.69, 9.17) is 4.74 Å². The Bertz CT molecular complexity index is 457. The summed E-state index contributed by atoms with van der Waals surface area (Å²) in [6, 6.07) is 3.92. The molecule has 0 saturated heterocycles. The average molecular weight is 252 g/mol. The molecule has 1 N–H and O–H groups in total. The lowest BCUT2D eigenvalue weighted by Crippen LogP contribution is -2.27. The lowest BCUT2D eigenvalue weighted by atomic mass is 10.1. The number of benzene rings is 1. The zero-order valence-electron chi connectivity index (χ0n) is 10.6. The van der Waals surface area contributed by atoms with Gasteiger partial charge in [-0.3, -0.25) is 14.9 Å². The first-order valence-corrected chi connectivity index (χ1v) is 5.56. The number of amides is 1. The summed E-state index contributed by atoms with van der Waals surface area (Å²) in [5.41, 5.74) is 0.191. The topological polar surface area (TPSA) is 81.5 Å². The summed E-state index contributed by atoms with van der Waals surface area (Å²) in [6.45, 7) is 4.50. The lowest BCUT2D eigenvalue weighted by Gasteiger charge is -2.10. The van der Waals surface area contributed by atoms with Crippen LogP contribution in [0.15, 0.2) is 18.2 Å². The second-order valence-electron chi connectivity index (χ2n) is 4.25. The Balaban J connectivity index is 2.95. The number of methoxy groups -OCH3 is 1. The summed E-state index contributed by atoms with van der Waals surface area (Å²) < 4.78 is 5.00. The van der Waals surface area contributed by atoms with Crippen LogP contribution in [0.2, 0.25) is 0 Å². The fourth-order valence-corrected chi connectivity index (χ4v) is 1.37. The van der Waals surface area contributed by atoms with Crippen LogP contribution in [0.3, 0.4) is 0 Å². The van der Waals surface area contributed by atoms with Gasteiger partial charge in [0, 0.05) is 12.6 Å². The fraction of sp³-hybridized carbons (Fsp3) is 0.417. The minimum atomic E-state index is -0.529. The van der Waals surface area contributed by atoms with Gasteiger partial charge in [-0.05, 0) is 12.0 Å². The molecule has 0 saturated carbocycles. The summed E-state index contributed by atoms with van der Waals surface area (Å²) in [5, 5.41) is 13.3. The number of carbonyl (C=O) groups excluding carboxylic acids is 1. The van der Waals surface area contributed by atoms with E-state index in [9.17, 15) is 14.9 Å². The van der Waals surface area contributed by atoms with E-state index in [1.54, 1.807) is 0 Å². The molecule has 1 amide bonds. The molecule has 0 radical (unpaired) electrons. The first kappa shape index (κ1) is 14.0. The van der Waals surface area contributed by atoms with Crippen LogP contribution in [-0.4, -0.2) is 24.5 Å². The molecule has 0 aliphatic heterocycles. The van der Waals surface area contributed by atoms with E-state index in [-0.39, 0.29) is 17.3 Å². The molecule has 0 aliphatic carbocycles. The van der Waals surface area contributed by atoms with E-state index in [2.05, 4.69) is 5.32 Å². The third-order valence-corrected chi connectivity index (χ3v) is 2.31. The lowest BCUT2D eigenvalue weighted by molar-refractivity contribution is -0.384. The van der Waals surface area contributed by atoms with Crippen LogP contribution in [0.1, 0.15) is 24.2 Å². The van der Waals surface area contributed by atoms with Crippen LogP contribution in [0.25, 0.3) is 0 Å². The Morgan fingerprint density at radius 2 is 2.17 bits per heavy atom. The van der Waals surface area contributed by atoms with Gasteiger partial charge in [-0.15, -0.1) is 0 Å². The average Bonchev–Trinajstić information content (AvgIpc) is 2.34. The van der Waals surface area contributed by atoms with Gasteiger partial charge in [-0.1, -0.05) is 13.8 Å². The molecule has 0 aliphatic rings. The molecule has 1 rings (SSSR count). The van der Waals surface area contributed by atoms with Gasteiger partial charge in [0.15, 0.2) is 0 Å². The number of non-ortho nitro benzene ring substituents is 1. The van der Waals surface area contributed by atoms with Gasteiger partial charge in [0.2, 0.25) is 0 Å². The Kier molecular flexibility index (Phi) is 4.65. The molecular formula is C12H16N2O4. The zero-order chi connectivity index (χ0) is 13.7. The van der Waals surface area contributed by atoms with Crippen LogP contribution in [0, 0.1) is 16.0 Å². The quantitative estimate of drug-likeness (QED) is 0.641. The highest BCUT2D eigenvalue weighted by Crippen LogP contribution is 2.24. The van der Waals surface area contributed by atoms with E-state index < -0.39 is 4.92 Å². The highest BCUT2D eigenvalue weighted by Gasteiger charge is 2.16. The smallest absolute Gasteiger partial charge is 0.273 e. The van der Waals surface area contributed by atoms with Crippen LogP contribution in [0.4, 0.5) is 5.69 Å². The van der Waals surface area contributed by atoms with Crippen molar-refractivity contribution in [1.82, 2.24) is 5.32 Å². The Morgan fingerprint density at radius 1 is 1.50 bits per heavy atom. The van der Waals surface area contributed by atoms with Gasteiger partial charge < -0.3 is 10.1 Å². The number of hydrogen-bond acceptors (Lipinski definition) is 4. The monoisotopic (exact) mass is 252 g/mol. The number of hydrogen-bond donors (Lipinski definition) is 1. The van der Waals surface area contributed by atoms with Crippen LogP contribution in [-0.2, 0) is 0 Å². The Hall–Kier alpha value is -2.11. The minimum absolute atomic E-state index is 0.104. The van der Waals surface area contributed by atoms with Crippen molar-refractivity contribution >= 4 is 11.6 Å². The van der Waals surface area contributed by atoms with Gasteiger partial charge in [0.05, 0.1) is 23.7 Å². The molecule has 18 heavy (non-hydrogen) atoms. The van der Waals surface area contributed by atoms with Gasteiger partial charge in [0.25, 0.3) is 11.6 Å². The maximum absolute atomic E-state index is 11.8. The number of nitrogens with one attached hydrogen (secondary N) is 1. The van der Waals surface area contributed by atoms with Crippen molar-refractivity contribution in [2.45, 2.75) is 13.8 Å². The largest absolute Gasteiger partial charge is 0.496 e. The molecule has 0 spiro atoms. The molecule has 6 heteroatoms. The van der Waals surface area contributed by atoms with Crippen molar-refractivity contribution in [3.63, 3.8) is 0 Å². The minimum Gasteiger partial charge on any atom is -0.496 e. The first-order valence-electron chi connectivity index (χ1n) is 5.56. The SMILES string of the molecule is COc1cc([N+](=O)[O-])ccc1C(=O)NCC(C)C. The number of nitrogens with zero attached hydrogens (tertiary/aromatic N) is 1. The normalized spacial score (nSPS) is 10.2. The van der Waals surface area contributed by atoms with E-state index in [1.165, 1.54) is 25.3 Å². The zero-order valence-corrected chi connectivity index (χ0v) is 10.6. The third kappa shape index (κ3) is 3.44. The third-order valence-electron chi connectivity index (χ3n) is 2.31. The van der Waals surface area contributed by atoms with Gasteiger partial charge in [0.1, 0.15) is 5.75 Å². The van der Waals surface area contributed by atoms with Crippen molar-refractivity contribution in [3.05, 3.63) is 33.9 Å². The summed E-state index contributed by atoms with van der Waals surface area (Å²) in [6.07, 6.45) is 0. The van der Waals surface area contributed by atoms with E-state index >= 15 is 0 Å². The molecule has 1 aromatic rings. The van der Waals surface area contributed by atoms with Gasteiger partial charge in [-0.25, -0.2) is 0 Å². The fourth-order valence-electron chi connectivity index (χ4n) is 1.37. The highest BCUT2D eigenvalue weighted by atomic mass is 16.6. The standard InChI is InChI=1S/C12H16N2O4/c1-8(2)7-13-12(15)10-5-4-9(14(16)17)6-11(10)18-3/h4-6,8H,7H2,1-3H3,(H,13,15). The number of ether oxygens (including phenoxy) is 1. The molecule has 98 valence electrons. The van der Waals surface area contributed by atoms with Crippen LogP contribution in [0.5, 0.6) is 5.75 Å². The first-order chi connectivity index (χ1) is 8.45. The number of nitro groups is 1. The van der Waals surface area contributed by atoms with Gasteiger partial charge in [-0.2, -0.15) is 0 Å². The predicted molar refractivity (Wildman–Crippen MR) is 66.8 cm³/mol. The van der Waals surface area contributed by atoms with E-state index in [0.717, 1.165) is 0 Å². The molecule has 0 fully saturated rings. The van der Waals surface area contributed by atoms with Crippen molar-refractivity contribution in [2.24, 2.45) is 5.92 Å². The van der Waals surface area contributed by atoms with E-state index in [0.29, 0.717) is 18.0 Å². The molecule has 0 aromatic heterocycles. The second-order valence-corrected chi connectivity index (χ2v) is 4.25. The molecule has 6 nitrogen and oxygen atoms in total. The second kappa shape index (κ2) is 6.00. The Labute approximate surface area is 105 Å². The molecule has 0 unspecified atom stereocenters. The highest BCUT2D eigenvalue weighted by molar-refractivity contribution is 5.97. The van der Waals surface area contributed by atoms with Crippen molar-refractivity contribution in [1.29, 1.82) is 0 Å². The summed E-state index contributed by atoms with van der Waals surface area (Å²) >= 11 is 0. The number of rotatable bonds is 5. The number of nitro benzene ring substituents is 1. The van der Waals surface area contributed by atoms with Crippen molar-refractivity contribution in [3.8, 4) is 5.75 Å². The van der Waals surface area contributed by atoms with Crippen LogP contribution < -0.4 is 10.1 Å². The van der Waals surface area contributed by atoms with Gasteiger partial charge >= 0.3 is 0 Å².